The molecule has 6 nitrogen and oxygen atoms in total. The van der Waals surface area contributed by atoms with Crippen molar-refractivity contribution in [3.8, 4) is 6.07 Å². The Hall–Kier alpha value is -1.98. The highest BCUT2D eigenvalue weighted by molar-refractivity contribution is 7.89. The number of benzene rings is 1. The molecule has 0 radical (unpaired) electrons. The molecule has 1 aromatic rings. The highest BCUT2D eigenvalue weighted by Crippen LogP contribution is 2.21. The summed E-state index contributed by atoms with van der Waals surface area (Å²) in [6, 6.07) is 2.91. The van der Waals surface area contributed by atoms with Gasteiger partial charge in [0, 0.05) is 11.6 Å². The van der Waals surface area contributed by atoms with E-state index in [1.807, 2.05) is 6.07 Å². The molecule has 0 saturated heterocycles. The molecule has 0 aromatic heterocycles. The van der Waals surface area contributed by atoms with Crippen LogP contribution in [0.1, 0.15) is 35.7 Å². The van der Waals surface area contributed by atoms with Crippen molar-refractivity contribution in [3.05, 3.63) is 29.1 Å². The molecule has 1 rings (SSSR count). The number of nitrogens with zero attached hydrogens (tertiary/aromatic N) is 1. The first-order chi connectivity index (χ1) is 9.72. The number of carboxylic acid groups (broad SMARTS) is 1. The van der Waals surface area contributed by atoms with Crippen molar-refractivity contribution in [1.82, 2.24) is 4.72 Å². The monoisotopic (exact) mass is 314 g/mol. The smallest absolute Gasteiger partial charge is 0.335 e. The van der Waals surface area contributed by atoms with Crippen LogP contribution in [0, 0.1) is 24.1 Å². The van der Waals surface area contributed by atoms with Crippen molar-refractivity contribution in [2.75, 3.05) is 0 Å². The largest absolute Gasteiger partial charge is 0.478 e. The van der Waals surface area contributed by atoms with Crippen molar-refractivity contribution < 1.29 is 22.7 Å². The van der Waals surface area contributed by atoms with Gasteiger partial charge in [0.2, 0.25) is 10.0 Å². The summed E-state index contributed by atoms with van der Waals surface area (Å²) in [4.78, 5) is 10.5. The lowest BCUT2D eigenvalue weighted by Gasteiger charge is -2.16. The average Bonchev–Trinajstić information content (AvgIpc) is 2.40. The Labute approximate surface area is 122 Å². The summed E-state index contributed by atoms with van der Waals surface area (Å²) in [5, 5.41) is 17.5. The van der Waals surface area contributed by atoms with Gasteiger partial charge in [0.25, 0.3) is 0 Å². The first kappa shape index (κ1) is 17.1. The minimum Gasteiger partial charge on any atom is -0.478 e. The summed E-state index contributed by atoms with van der Waals surface area (Å²) < 4.78 is 40.5. The lowest BCUT2D eigenvalue weighted by molar-refractivity contribution is 0.0696. The van der Waals surface area contributed by atoms with Crippen LogP contribution >= 0.6 is 0 Å². The van der Waals surface area contributed by atoms with Crippen LogP contribution in [0.3, 0.4) is 0 Å². The molecule has 0 amide bonds. The lowest BCUT2D eigenvalue weighted by atomic mass is 10.1. The van der Waals surface area contributed by atoms with E-state index in [-0.39, 0.29) is 12.0 Å². The second-order valence-electron chi connectivity index (χ2n) is 4.48. The van der Waals surface area contributed by atoms with Gasteiger partial charge in [-0.25, -0.2) is 22.3 Å². The molecule has 0 bridgehead atoms. The SMILES string of the molecule is CCC(CC#N)NS(=O)(=O)c1cc(C(=O)O)cc(F)c1C. The highest BCUT2D eigenvalue weighted by Gasteiger charge is 2.24. The van der Waals surface area contributed by atoms with Crippen LogP contribution in [-0.2, 0) is 10.0 Å². The average molecular weight is 314 g/mol. The van der Waals surface area contributed by atoms with E-state index in [2.05, 4.69) is 4.72 Å². The van der Waals surface area contributed by atoms with Crippen LogP contribution < -0.4 is 4.72 Å². The van der Waals surface area contributed by atoms with Crippen LogP contribution in [-0.4, -0.2) is 25.5 Å². The Kier molecular flexibility index (Phi) is 5.41. The molecular weight excluding hydrogens is 299 g/mol. The number of hydrogen-bond acceptors (Lipinski definition) is 4. The maximum atomic E-state index is 13.7. The molecule has 0 aliphatic heterocycles. The molecule has 0 heterocycles. The number of rotatable bonds is 6. The van der Waals surface area contributed by atoms with Crippen LogP contribution in [0.2, 0.25) is 0 Å². The number of halogens is 1. The summed E-state index contributed by atoms with van der Waals surface area (Å²) in [6.45, 7) is 2.95. The Morgan fingerprint density at radius 2 is 2.14 bits per heavy atom. The van der Waals surface area contributed by atoms with Crippen LogP contribution in [0.4, 0.5) is 4.39 Å². The fourth-order valence-corrected chi connectivity index (χ4v) is 3.32. The predicted octanol–water partition coefficient (Wildman–Crippen LogP) is 1.80. The van der Waals surface area contributed by atoms with E-state index < -0.39 is 38.3 Å². The molecule has 1 aromatic carbocycles. The molecule has 1 atom stereocenters. The standard InChI is InChI=1S/C13H15FN2O4S/c1-3-10(4-5-15)16-21(19,20)12-7-9(13(17)18)6-11(14)8(12)2/h6-7,10,16H,3-4H2,1-2H3,(H,17,18). The molecule has 2 N–H and O–H groups in total. The van der Waals surface area contributed by atoms with Crippen LogP contribution in [0.25, 0.3) is 0 Å². The lowest BCUT2D eigenvalue weighted by Crippen LogP contribution is -2.34. The maximum absolute atomic E-state index is 13.7. The number of hydrogen-bond donors (Lipinski definition) is 2. The molecule has 8 heteroatoms. The van der Waals surface area contributed by atoms with Gasteiger partial charge in [-0.1, -0.05) is 6.92 Å². The van der Waals surface area contributed by atoms with Gasteiger partial charge in [0.1, 0.15) is 5.82 Å². The van der Waals surface area contributed by atoms with Gasteiger partial charge in [-0.2, -0.15) is 5.26 Å². The zero-order chi connectivity index (χ0) is 16.2. The molecule has 21 heavy (non-hydrogen) atoms. The summed E-state index contributed by atoms with van der Waals surface area (Å²) in [6.07, 6.45) is 0.350. The molecule has 0 aliphatic carbocycles. The maximum Gasteiger partial charge on any atom is 0.335 e. The van der Waals surface area contributed by atoms with Crippen molar-refractivity contribution in [1.29, 1.82) is 5.26 Å². The summed E-state index contributed by atoms with van der Waals surface area (Å²) in [5.41, 5.74) is -0.619. The molecular formula is C13H15FN2O4S. The Bertz CT molecular complexity index is 695. The van der Waals surface area contributed by atoms with Gasteiger partial charge in [0.05, 0.1) is 22.9 Å². The minimum atomic E-state index is -4.11. The predicted molar refractivity (Wildman–Crippen MR) is 72.7 cm³/mol. The fraction of sp³-hybridized carbons (Fsp3) is 0.385. The van der Waals surface area contributed by atoms with E-state index in [9.17, 15) is 17.6 Å². The van der Waals surface area contributed by atoms with E-state index in [4.69, 9.17) is 10.4 Å². The highest BCUT2D eigenvalue weighted by atomic mass is 32.2. The number of nitriles is 1. The van der Waals surface area contributed by atoms with Gasteiger partial charge in [-0.15, -0.1) is 0 Å². The third kappa shape index (κ3) is 4.00. The van der Waals surface area contributed by atoms with Gasteiger partial charge < -0.3 is 5.11 Å². The topological polar surface area (TPSA) is 107 Å². The Balaban J connectivity index is 3.31. The van der Waals surface area contributed by atoms with Crippen LogP contribution in [0.5, 0.6) is 0 Å². The van der Waals surface area contributed by atoms with E-state index in [0.717, 1.165) is 12.1 Å². The van der Waals surface area contributed by atoms with E-state index >= 15 is 0 Å². The summed E-state index contributed by atoms with van der Waals surface area (Å²) in [5.74, 6) is -2.34. The fourth-order valence-electron chi connectivity index (χ4n) is 1.72. The third-order valence-electron chi connectivity index (χ3n) is 2.99. The van der Waals surface area contributed by atoms with E-state index in [0.29, 0.717) is 6.42 Å². The summed E-state index contributed by atoms with van der Waals surface area (Å²) >= 11 is 0. The number of aromatic carboxylic acids is 1. The number of carboxylic acids is 1. The molecule has 0 fully saturated rings. The molecule has 0 aliphatic rings. The molecule has 0 saturated carbocycles. The van der Waals surface area contributed by atoms with Crippen molar-refractivity contribution in [3.63, 3.8) is 0 Å². The van der Waals surface area contributed by atoms with Crippen molar-refractivity contribution >= 4 is 16.0 Å². The summed E-state index contributed by atoms with van der Waals surface area (Å²) in [7, 11) is -4.11. The van der Waals surface area contributed by atoms with Crippen molar-refractivity contribution in [2.45, 2.75) is 37.6 Å². The van der Waals surface area contributed by atoms with Gasteiger partial charge in [-0.05, 0) is 25.5 Å². The third-order valence-corrected chi connectivity index (χ3v) is 4.63. The Morgan fingerprint density at radius 1 is 1.52 bits per heavy atom. The second-order valence-corrected chi connectivity index (χ2v) is 6.16. The molecule has 1 unspecified atom stereocenters. The first-order valence-corrected chi connectivity index (χ1v) is 7.64. The molecule has 114 valence electrons. The van der Waals surface area contributed by atoms with Crippen LogP contribution in [0.15, 0.2) is 17.0 Å². The number of carbonyl (C=O) groups is 1. The van der Waals surface area contributed by atoms with Gasteiger partial charge in [0.15, 0.2) is 0 Å². The first-order valence-electron chi connectivity index (χ1n) is 6.15. The van der Waals surface area contributed by atoms with Gasteiger partial charge in [-0.3, -0.25) is 0 Å². The van der Waals surface area contributed by atoms with E-state index in [1.54, 1.807) is 6.92 Å². The van der Waals surface area contributed by atoms with Crippen molar-refractivity contribution in [2.24, 2.45) is 0 Å². The second kappa shape index (κ2) is 6.65. The number of sulfonamides is 1. The quantitative estimate of drug-likeness (QED) is 0.832. The number of nitrogens with one attached hydrogen (secondary N) is 1. The normalized spacial score (nSPS) is 12.7. The Morgan fingerprint density at radius 3 is 2.62 bits per heavy atom. The van der Waals surface area contributed by atoms with Gasteiger partial charge >= 0.3 is 5.97 Å². The molecule has 0 spiro atoms. The zero-order valence-corrected chi connectivity index (χ0v) is 12.4. The zero-order valence-electron chi connectivity index (χ0n) is 11.6. The minimum absolute atomic E-state index is 0.0319. The van der Waals surface area contributed by atoms with E-state index in [1.165, 1.54) is 6.92 Å².